The van der Waals surface area contributed by atoms with E-state index in [4.69, 9.17) is 30.8 Å². The maximum Gasteiger partial charge on any atom is 0.338 e. The molecule has 0 radical (unpaired) electrons. The molecule has 0 unspecified atom stereocenters. The molecule has 0 spiro atoms. The summed E-state index contributed by atoms with van der Waals surface area (Å²) in [4.78, 5) is 32.7. The summed E-state index contributed by atoms with van der Waals surface area (Å²) in [6.07, 6.45) is 3.03. The summed E-state index contributed by atoms with van der Waals surface area (Å²) >= 11 is 7.64. The molecule has 0 bridgehead atoms. The Labute approximate surface area is 257 Å². The molecular weight excluding hydrogens is 591 g/mol. The van der Waals surface area contributed by atoms with Gasteiger partial charge in [-0.25, -0.2) is 14.2 Å². The van der Waals surface area contributed by atoms with Gasteiger partial charge in [0.1, 0.15) is 30.0 Å². The van der Waals surface area contributed by atoms with Gasteiger partial charge in [0.2, 0.25) is 0 Å². The SMILES string of the molecule is CCCC1=C(C(=O)OCC)[C@@H](c2cc(Cl)ccc2OC)n2c(s/c(=C/c3ccc(OCc4ccccc4F)cc3)c2=O)=N1. The monoisotopic (exact) mass is 620 g/mol. The molecular formula is C33H30ClFN2O5S. The van der Waals surface area contributed by atoms with Gasteiger partial charge in [0, 0.05) is 16.1 Å². The zero-order valence-electron chi connectivity index (χ0n) is 23.9. The maximum absolute atomic E-state index is 14.0. The minimum atomic E-state index is -0.846. The molecule has 4 aromatic rings. The Balaban J connectivity index is 1.58. The summed E-state index contributed by atoms with van der Waals surface area (Å²) in [5, 5.41) is 0.437. The Kier molecular flexibility index (Phi) is 9.43. The lowest BCUT2D eigenvalue weighted by molar-refractivity contribution is -0.139. The van der Waals surface area contributed by atoms with Gasteiger partial charge in [0.05, 0.1) is 29.5 Å². The lowest BCUT2D eigenvalue weighted by atomic mass is 9.93. The molecule has 1 atom stereocenters. The van der Waals surface area contributed by atoms with Crippen LogP contribution in [0.15, 0.2) is 87.8 Å². The lowest BCUT2D eigenvalue weighted by Gasteiger charge is -2.27. The van der Waals surface area contributed by atoms with E-state index in [9.17, 15) is 14.0 Å². The average Bonchev–Trinajstić information content (AvgIpc) is 3.31. The number of thiazole rings is 1. The van der Waals surface area contributed by atoms with Gasteiger partial charge in [0.25, 0.3) is 5.56 Å². The van der Waals surface area contributed by atoms with Gasteiger partial charge in [-0.2, -0.15) is 0 Å². The van der Waals surface area contributed by atoms with Crippen molar-refractivity contribution in [3.05, 3.63) is 125 Å². The number of allylic oxidation sites excluding steroid dienone is 1. The zero-order chi connectivity index (χ0) is 30.5. The fourth-order valence-electron chi connectivity index (χ4n) is 4.92. The number of hydrogen-bond acceptors (Lipinski definition) is 7. The highest BCUT2D eigenvalue weighted by molar-refractivity contribution is 7.07. The highest BCUT2D eigenvalue weighted by Crippen LogP contribution is 2.38. The molecule has 10 heteroatoms. The molecule has 5 rings (SSSR count). The number of hydrogen-bond donors (Lipinski definition) is 0. The van der Waals surface area contributed by atoms with Crippen LogP contribution in [0, 0.1) is 5.82 Å². The van der Waals surface area contributed by atoms with Crippen LogP contribution < -0.4 is 24.4 Å². The molecule has 3 aromatic carbocycles. The molecule has 1 aliphatic rings. The summed E-state index contributed by atoms with van der Waals surface area (Å²) in [5.74, 6) is 0.186. The number of esters is 1. The summed E-state index contributed by atoms with van der Waals surface area (Å²) in [7, 11) is 1.53. The second-order valence-corrected chi connectivity index (χ2v) is 11.2. The quantitative estimate of drug-likeness (QED) is 0.205. The van der Waals surface area contributed by atoms with Gasteiger partial charge in [-0.3, -0.25) is 9.36 Å². The van der Waals surface area contributed by atoms with Gasteiger partial charge >= 0.3 is 5.97 Å². The first-order valence-corrected chi connectivity index (χ1v) is 15.1. The zero-order valence-corrected chi connectivity index (χ0v) is 25.5. The van der Waals surface area contributed by atoms with Crippen molar-refractivity contribution in [2.75, 3.05) is 13.7 Å². The van der Waals surface area contributed by atoms with Crippen LogP contribution in [0.5, 0.6) is 11.5 Å². The fraction of sp³-hybridized carbons (Fsp3) is 0.242. The van der Waals surface area contributed by atoms with Crippen molar-refractivity contribution >= 4 is 35.0 Å². The Morgan fingerprint density at radius 1 is 1.12 bits per heavy atom. The number of ether oxygens (including phenoxy) is 3. The van der Waals surface area contributed by atoms with E-state index in [0.29, 0.717) is 54.7 Å². The normalized spacial score (nSPS) is 14.7. The Hall–Kier alpha value is -4.21. The van der Waals surface area contributed by atoms with Crippen molar-refractivity contribution in [1.82, 2.24) is 4.57 Å². The van der Waals surface area contributed by atoms with Crippen molar-refractivity contribution in [2.24, 2.45) is 4.99 Å². The number of benzene rings is 3. The van der Waals surface area contributed by atoms with Crippen molar-refractivity contribution in [3.8, 4) is 11.5 Å². The molecule has 222 valence electrons. The molecule has 7 nitrogen and oxygen atoms in total. The Bertz CT molecular complexity index is 1860. The van der Waals surface area contributed by atoms with Crippen LogP contribution in [0.4, 0.5) is 4.39 Å². The van der Waals surface area contributed by atoms with E-state index in [1.165, 1.54) is 29.1 Å². The molecule has 43 heavy (non-hydrogen) atoms. The minimum Gasteiger partial charge on any atom is -0.496 e. The Morgan fingerprint density at radius 2 is 1.88 bits per heavy atom. The van der Waals surface area contributed by atoms with Crippen molar-refractivity contribution < 1.29 is 23.4 Å². The lowest BCUT2D eigenvalue weighted by Crippen LogP contribution is -2.40. The summed E-state index contributed by atoms with van der Waals surface area (Å²) in [6.45, 7) is 4.00. The van der Waals surface area contributed by atoms with Crippen molar-refractivity contribution in [2.45, 2.75) is 39.3 Å². The Morgan fingerprint density at radius 3 is 2.58 bits per heavy atom. The predicted molar refractivity (Wildman–Crippen MR) is 165 cm³/mol. The van der Waals surface area contributed by atoms with E-state index < -0.39 is 12.0 Å². The second kappa shape index (κ2) is 13.4. The van der Waals surface area contributed by atoms with Crippen LogP contribution >= 0.6 is 22.9 Å². The number of aromatic nitrogens is 1. The first-order valence-electron chi connectivity index (χ1n) is 13.9. The molecule has 0 fully saturated rings. The van der Waals surface area contributed by atoms with E-state index in [2.05, 4.69) is 0 Å². The standard InChI is InChI=1S/C33H30ClFN2O5S/c1-4-8-26-29(32(39)41-5-2)30(24-18-22(34)13-16-27(24)40-3)37-31(38)28(43-33(37)36-26)17-20-11-14-23(15-12-20)42-19-21-9-6-7-10-25(21)35/h6-7,9-18,30H,4-5,8,19H2,1-3H3/b28-17+/t30-/m1/s1. The van der Waals surface area contributed by atoms with Crippen LogP contribution in [0.1, 0.15) is 49.4 Å². The van der Waals surface area contributed by atoms with E-state index in [-0.39, 0.29) is 24.6 Å². The van der Waals surface area contributed by atoms with Crippen LogP contribution in [0.25, 0.3) is 6.08 Å². The highest BCUT2D eigenvalue weighted by atomic mass is 35.5. The topological polar surface area (TPSA) is 79.1 Å². The first-order chi connectivity index (χ1) is 20.8. The summed E-state index contributed by atoms with van der Waals surface area (Å²) < 4.78 is 32.7. The second-order valence-electron chi connectivity index (χ2n) is 9.75. The summed E-state index contributed by atoms with van der Waals surface area (Å²) in [6, 6.07) is 17.9. The smallest absolute Gasteiger partial charge is 0.338 e. The molecule has 0 amide bonds. The number of fused-ring (bicyclic) bond motifs is 1. The number of methoxy groups -OCH3 is 1. The predicted octanol–water partition coefficient (Wildman–Crippen LogP) is 5.96. The third-order valence-electron chi connectivity index (χ3n) is 6.91. The van der Waals surface area contributed by atoms with Gasteiger partial charge in [-0.05, 0) is 61.4 Å². The maximum atomic E-state index is 14.0. The third-order valence-corrected chi connectivity index (χ3v) is 8.13. The molecule has 0 saturated heterocycles. The number of carbonyl (C=O) groups is 1. The summed E-state index contributed by atoms with van der Waals surface area (Å²) in [5.41, 5.74) is 2.33. The average molecular weight is 621 g/mol. The van der Waals surface area contributed by atoms with Crippen molar-refractivity contribution in [3.63, 3.8) is 0 Å². The number of carbonyl (C=O) groups excluding carboxylic acids is 1. The molecule has 0 aliphatic carbocycles. The molecule has 0 N–H and O–H groups in total. The van der Waals surface area contributed by atoms with E-state index in [1.54, 1.807) is 61.5 Å². The number of rotatable bonds is 10. The number of halogens is 2. The molecule has 1 aromatic heterocycles. The van der Waals surface area contributed by atoms with Crippen LogP contribution in [-0.4, -0.2) is 24.3 Å². The van der Waals surface area contributed by atoms with E-state index in [0.717, 1.165) is 12.0 Å². The highest BCUT2D eigenvalue weighted by Gasteiger charge is 2.36. The number of nitrogens with zero attached hydrogens (tertiary/aromatic N) is 2. The van der Waals surface area contributed by atoms with Crippen molar-refractivity contribution in [1.29, 1.82) is 0 Å². The largest absolute Gasteiger partial charge is 0.496 e. The van der Waals surface area contributed by atoms with Gasteiger partial charge in [-0.1, -0.05) is 66.6 Å². The van der Waals surface area contributed by atoms with Gasteiger partial charge in [-0.15, -0.1) is 0 Å². The van der Waals surface area contributed by atoms with Crippen LogP contribution in [0.3, 0.4) is 0 Å². The molecule has 2 heterocycles. The van der Waals surface area contributed by atoms with Gasteiger partial charge < -0.3 is 14.2 Å². The third kappa shape index (κ3) is 6.43. The van der Waals surface area contributed by atoms with Crippen LogP contribution in [-0.2, 0) is 16.1 Å². The van der Waals surface area contributed by atoms with E-state index >= 15 is 0 Å². The molecule has 0 saturated carbocycles. The van der Waals surface area contributed by atoms with Crippen LogP contribution in [0.2, 0.25) is 5.02 Å². The minimum absolute atomic E-state index is 0.0977. The van der Waals surface area contributed by atoms with E-state index in [1.807, 2.05) is 19.1 Å². The molecule has 1 aliphatic heterocycles. The fourth-order valence-corrected chi connectivity index (χ4v) is 6.12. The van der Waals surface area contributed by atoms with Gasteiger partial charge in [0.15, 0.2) is 4.80 Å². The first kappa shape index (κ1) is 30.3.